The zero-order valence-corrected chi connectivity index (χ0v) is 17.1. The van der Waals surface area contributed by atoms with Crippen molar-refractivity contribution in [2.45, 2.75) is 39.3 Å². The van der Waals surface area contributed by atoms with Gasteiger partial charge in [-0.25, -0.2) is 0 Å². The molecule has 0 unspecified atom stereocenters. The van der Waals surface area contributed by atoms with Gasteiger partial charge < -0.3 is 14.8 Å². The van der Waals surface area contributed by atoms with Gasteiger partial charge in [0.25, 0.3) is 0 Å². The minimum atomic E-state index is 0.467. The highest BCUT2D eigenvalue weighted by Crippen LogP contribution is 2.34. The number of hydrogen-bond donors (Lipinski definition) is 1. The van der Waals surface area contributed by atoms with Crippen molar-refractivity contribution in [3.8, 4) is 11.5 Å². The Morgan fingerprint density at radius 1 is 1.08 bits per heavy atom. The number of methoxy groups -OCH3 is 1. The Morgan fingerprint density at radius 2 is 1.84 bits per heavy atom. The summed E-state index contributed by atoms with van der Waals surface area (Å²) >= 11 is 9.55. The Bertz CT molecular complexity index is 661. The molecular weight excluding hydrogens is 402 g/mol. The first kappa shape index (κ1) is 20.1. The lowest BCUT2D eigenvalue weighted by atomic mass is 10.2. The normalized spacial score (nSPS) is 10.7. The van der Waals surface area contributed by atoms with E-state index >= 15 is 0 Å². The van der Waals surface area contributed by atoms with Crippen molar-refractivity contribution in [3.05, 3.63) is 57.0 Å². The summed E-state index contributed by atoms with van der Waals surface area (Å²) in [7, 11) is 1.66. The van der Waals surface area contributed by atoms with Gasteiger partial charge in [-0.3, -0.25) is 0 Å². The van der Waals surface area contributed by atoms with Crippen molar-refractivity contribution in [2.24, 2.45) is 0 Å². The molecule has 2 aromatic rings. The third kappa shape index (κ3) is 6.53. The van der Waals surface area contributed by atoms with Gasteiger partial charge in [-0.15, -0.1) is 0 Å². The largest absolute Gasteiger partial charge is 0.493 e. The van der Waals surface area contributed by atoms with Crippen LogP contribution in [0, 0.1) is 0 Å². The summed E-state index contributed by atoms with van der Waals surface area (Å²) in [5.74, 6) is 1.46. The Labute approximate surface area is 163 Å². The van der Waals surface area contributed by atoms with E-state index in [0.29, 0.717) is 6.61 Å². The van der Waals surface area contributed by atoms with Crippen LogP contribution in [0.1, 0.15) is 37.3 Å². The predicted molar refractivity (Wildman–Crippen MR) is 108 cm³/mol. The second-order valence-electron chi connectivity index (χ2n) is 5.89. The van der Waals surface area contributed by atoms with Gasteiger partial charge in [0.05, 0.1) is 7.11 Å². The van der Waals surface area contributed by atoms with Gasteiger partial charge in [0.1, 0.15) is 6.61 Å². The van der Waals surface area contributed by atoms with Crippen LogP contribution in [0.25, 0.3) is 0 Å². The molecule has 0 fully saturated rings. The molecule has 1 N–H and O–H groups in total. The fraction of sp³-hybridized carbons (Fsp3) is 0.400. The topological polar surface area (TPSA) is 30.5 Å². The summed E-state index contributed by atoms with van der Waals surface area (Å²) in [6.45, 7) is 4.51. The van der Waals surface area contributed by atoms with Crippen molar-refractivity contribution in [2.75, 3.05) is 13.7 Å². The van der Waals surface area contributed by atoms with Gasteiger partial charge in [-0.1, -0.05) is 59.4 Å². The third-order valence-corrected chi connectivity index (χ3v) is 4.90. The summed E-state index contributed by atoms with van der Waals surface area (Å²) < 4.78 is 12.4. The standard InChI is InChI=1S/C20H25BrClNO2/c1-3-4-5-10-23-13-16-11-19(24-2)20(12-18(16)21)25-14-15-6-8-17(22)9-7-15/h6-9,11-12,23H,3-5,10,13-14H2,1-2H3. The SMILES string of the molecule is CCCCCNCc1cc(OC)c(OCc2ccc(Cl)cc2)cc1Br. The third-order valence-electron chi connectivity index (χ3n) is 3.91. The van der Waals surface area contributed by atoms with Crippen LogP contribution in [-0.4, -0.2) is 13.7 Å². The summed E-state index contributed by atoms with van der Waals surface area (Å²) in [6, 6.07) is 11.6. The number of benzene rings is 2. The smallest absolute Gasteiger partial charge is 0.162 e. The number of halogens is 2. The van der Waals surface area contributed by atoms with Gasteiger partial charge in [-0.05, 0) is 48.4 Å². The van der Waals surface area contributed by atoms with E-state index in [2.05, 4.69) is 28.2 Å². The van der Waals surface area contributed by atoms with Gasteiger partial charge in [-0.2, -0.15) is 0 Å². The number of rotatable bonds is 10. The lowest BCUT2D eigenvalue weighted by Crippen LogP contribution is -2.15. The van der Waals surface area contributed by atoms with Crippen LogP contribution < -0.4 is 14.8 Å². The van der Waals surface area contributed by atoms with Crippen LogP contribution in [0.4, 0.5) is 0 Å². The molecular formula is C20H25BrClNO2. The van der Waals surface area contributed by atoms with E-state index in [1.54, 1.807) is 7.11 Å². The first-order chi connectivity index (χ1) is 12.1. The molecule has 0 spiro atoms. The average molecular weight is 427 g/mol. The first-order valence-electron chi connectivity index (χ1n) is 8.58. The van der Waals surface area contributed by atoms with E-state index in [1.807, 2.05) is 36.4 Å². The average Bonchev–Trinajstić information content (AvgIpc) is 2.62. The minimum Gasteiger partial charge on any atom is -0.493 e. The maximum atomic E-state index is 5.93. The fourth-order valence-electron chi connectivity index (χ4n) is 2.45. The molecule has 0 aliphatic rings. The molecule has 0 aromatic heterocycles. The molecule has 0 aliphatic carbocycles. The maximum Gasteiger partial charge on any atom is 0.162 e. The highest BCUT2D eigenvalue weighted by molar-refractivity contribution is 9.10. The zero-order valence-electron chi connectivity index (χ0n) is 14.8. The Balaban J connectivity index is 1.98. The summed E-state index contributed by atoms with van der Waals surface area (Å²) in [5.41, 5.74) is 2.22. The van der Waals surface area contributed by atoms with Gasteiger partial charge in [0, 0.05) is 16.0 Å². The summed E-state index contributed by atoms with van der Waals surface area (Å²) in [4.78, 5) is 0. The second kappa shape index (κ2) is 10.7. The lowest BCUT2D eigenvalue weighted by Gasteiger charge is -2.14. The molecule has 0 aliphatic heterocycles. The maximum absolute atomic E-state index is 5.93. The van der Waals surface area contributed by atoms with E-state index in [-0.39, 0.29) is 0 Å². The second-order valence-corrected chi connectivity index (χ2v) is 7.18. The Kier molecular flexibility index (Phi) is 8.59. The monoisotopic (exact) mass is 425 g/mol. The van der Waals surface area contributed by atoms with Crippen molar-refractivity contribution < 1.29 is 9.47 Å². The Morgan fingerprint density at radius 3 is 2.52 bits per heavy atom. The van der Waals surface area contributed by atoms with Gasteiger partial charge in [0.2, 0.25) is 0 Å². The van der Waals surface area contributed by atoms with Crippen molar-refractivity contribution in [3.63, 3.8) is 0 Å². The van der Waals surface area contributed by atoms with E-state index in [4.69, 9.17) is 21.1 Å². The molecule has 0 radical (unpaired) electrons. The van der Waals surface area contributed by atoms with E-state index in [0.717, 1.165) is 45.2 Å². The molecule has 5 heteroatoms. The molecule has 0 amide bonds. The molecule has 2 aromatic carbocycles. The van der Waals surface area contributed by atoms with Crippen molar-refractivity contribution >= 4 is 27.5 Å². The first-order valence-corrected chi connectivity index (χ1v) is 9.75. The highest BCUT2D eigenvalue weighted by atomic mass is 79.9. The molecule has 3 nitrogen and oxygen atoms in total. The lowest BCUT2D eigenvalue weighted by molar-refractivity contribution is 0.284. The number of hydrogen-bond acceptors (Lipinski definition) is 3. The number of ether oxygens (including phenoxy) is 2. The fourth-order valence-corrected chi connectivity index (χ4v) is 3.04. The summed E-state index contributed by atoms with van der Waals surface area (Å²) in [6.07, 6.45) is 3.70. The summed E-state index contributed by atoms with van der Waals surface area (Å²) in [5, 5.41) is 4.19. The van der Waals surface area contributed by atoms with Gasteiger partial charge in [0.15, 0.2) is 11.5 Å². The van der Waals surface area contributed by atoms with Crippen LogP contribution in [0.5, 0.6) is 11.5 Å². The highest BCUT2D eigenvalue weighted by Gasteiger charge is 2.10. The molecule has 136 valence electrons. The zero-order chi connectivity index (χ0) is 18.1. The van der Waals surface area contributed by atoms with Crippen LogP contribution in [-0.2, 0) is 13.2 Å². The molecule has 0 bridgehead atoms. The number of unbranched alkanes of at least 4 members (excludes halogenated alkanes) is 2. The molecule has 0 saturated carbocycles. The molecule has 0 atom stereocenters. The predicted octanol–water partition coefficient (Wildman–Crippen LogP) is 5.97. The van der Waals surface area contributed by atoms with E-state index < -0.39 is 0 Å². The number of nitrogens with one attached hydrogen (secondary N) is 1. The molecule has 0 heterocycles. The van der Waals surface area contributed by atoms with Crippen LogP contribution in [0.2, 0.25) is 5.02 Å². The van der Waals surface area contributed by atoms with Crippen molar-refractivity contribution in [1.82, 2.24) is 5.32 Å². The van der Waals surface area contributed by atoms with E-state index in [1.165, 1.54) is 19.3 Å². The minimum absolute atomic E-state index is 0.467. The van der Waals surface area contributed by atoms with Crippen LogP contribution in [0.3, 0.4) is 0 Å². The van der Waals surface area contributed by atoms with Crippen LogP contribution in [0.15, 0.2) is 40.9 Å². The van der Waals surface area contributed by atoms with Crippen LogP contribution >= 0.6 is 27.5 Å². The molecule has 2 rings (SSSR count). The molecule has 25 heavy (non-hydrogen) atoms. The van der Waals surface area contributed by atoms with Crippen molar-refractivity contribution in [1.29, 1.82) is 0 Å². The quantitative estimate of drug-likeness (QED) is 0.475. The Hall–Kier alpha value is -1.23. The van der Waals surface area contributed by atoms with Gasteiger partial charge >= 0.3 is 0 Å². The molecule has 0 saturated heterocycles. The van der Waals surface area contributed by atoms with E-state index in [9.17, 15) is 0 Å².